The molecule has 0 N–H and O–H groups in total. The molecule has 0 heterocycles. The van der Waals surface area contributed by atoms with E-state index in [9.17, 15) is 9.59 Å². The number of nitrogens with zero attached hydrogens (tertiary/aromatic N) is 1. The van der Waals surface area contributed by atoms with Crippen molar-refractivity contribution in [3.05, 3.63) is 27.2 Å². The molecule has 0 aromatic heterocycles. The second kappa shape index (κ2) is 7.57. The zero-order chi connectivity index (χ0) is 15.3. The highest BCUT2D eigenvalue weighted by Crippen LogP contribution is 2.33. The summed E-state index contributed by atoms with van der Waals surface area (Å²) >= 11 is 17.5. The van der Waals surface area contributed by atoms with Crippen LogP contribution < -0.4 is 4.74 Å². The molecular weight excluding hydrogens is 328 g/mol. The lowest BCUT2D eigenvalue weighted by Gasteiger charge is -2.16. The number of rotatable bonds is 5. The van der Waals surface area contributed by atoms with Gasteiger partial charge >= 0.3 is 5.97 Å². The first-order valence-electron chi connectivity index (χ1n) is 5.43. The average molecular weight is 341 g/mol. The normalized spacial score (nSPS) is 10.1. The van der Waals surface area contributed by atoms with Crippen molar-refractivity contribution in [2.24, 2.45) is 0 Å². The summed E-state index contributed by atoms with van der Waals surface area (Å²) in [4.78, 5) is 23.9. The van der Waals surface area contributed by atoms with E-state index in [2.05, 4.69) is 4.74 Å². The maximum Gasteiger partial charge on any atom is 0.325 e. The lowest BCUT2D eigenvalue weighted by molar-refractivity contribution is -0.146. The van der Waals surface area contributed by atoms with Gasteiger partial charge in [0, 0.05) is 13.1 Å². The molecular formula is C12H12Cl3NO4. The van der Waals surface area contributed by atoms with Crippen LogP contribution in [-0.2, 0) is 14.3 Å². The second-order valence-corrected chi connectivity index (χ2v) is 5.03. The van der Waals surface area contributed by atoms with E-state index in [4.69, 9.17) is 39.5 Å². The Labute approximate surface area is 131 Å². The molecule has 1 aromatic carbocycles. The summed E-state index contributed by atoms with van der Waals surface area (Å²) in [7, 11) is 2.70. The van der Waals surface area contributed by atoms with Crippen molar-refractivity contribution >= 4 is 46.7 Å². The first kappa shape index (κ1) is 16.9. The largest absolute Gasteiger partial charge is 0.482 e. The molecule has 1 amide bonds. The van der Waals surface area contributed by atoms with Crippen LogP contribution in [0.5, 0.6) is 5.75 Å². The summed E-state index contributed by atoms with van der Waals surface area (Å²) in [6.45, 7) is -0.445. The monoisotopic (exact) mass is 339 g/mol. The van der Waals surface area contributed by atoms with Crippen LogP contribution in [-0.4, -0.2) is 44.1 Å². The number of amides is 1. The maximum atomic E-state index is 11.7. The summed E-state index contributed by atoms with van der Waals surface area (Å²) in [5, 5.41) is 0.794. The molecule has 0 spiro atoms. The third-order valence-electron chi connectivity index (χ3n) is 2.35. The van der Waals surface area contributed by atoms with Gasteiger partial charge in [0.05, 0.1) is 22.2 Å². The summed E-state index contributed by atoms with van der Waals surface area (Å²) in [6.07, 6.45) is 0. The van der Waals surface area contributed by atoms with E-state index in [-0.39, 0.29) is 34.0 Å². The first-order valence-corrected chi connectivity index (χ1v) is 6.56. The van der Waals surface area contributed by atoms with Gasteiger partial charge in [-0.3, -0.25) is 9.59 Å². The van der Waals surface area contributed by atoms with Gasteiger partial charge in [-0.25, -0.2) is 0 Å². The van der Waals surface area contributed by atoms with Crippen LogP contribution in [0.15, 0.2) is 12.1 Å². The first-order chi connectivity index (χ1) is 9.35. The van der Waals surface area contributed by atoms with E-state index in [0.717, 1.165) is 0 Å². The van der Waals surface area contributed by atoms with Crippen LogP contribution in [0.25, 0.3) is 0 Å². The summed E-state index contributed by atoms with van der Waals surface area (Å²) < 4.78 is 9.71. The molecule has 0 fully saturated rings. The van der Waals surface area contributed by atoms with E-state index in [1.165, 1.54) is 31.2 Å². The van der Waals surface area contributed by atoms with Gasteiger partial charge in [0.2, 0.25) is 0 Å². The standard InChI is InChI=1S/C12H12Cl3NO4/c1-16(5-12(18)19-2)11(17)6-20-10-4-8(14)7(13)3-9(10)15/h3-4H,5-6H2,1-2H3. The lowest BCUT2D eigenvalue weighted by Crippen LogP contribution is -2.35. The van der Waals surface area contributed by atoms with Crippen LogP contribution in [0.1, 0.15) is 0 Å². The van der Waals surface area contributed by atoms with Crippen molar-refractivity contribution in [2.75, 3.05) is 27.3 Å². The van der Waals surface area contributed by atoms with E-state index >= 15 is 0 Å². The van der Waals surface area contributed by atoms with E-state index in [1.807, 2.05) is 0 Å². The molecule has 5 nitrogen and oxygen atoms in total. The van der Waals surface area contributed by atoms with Crippen molar-refractivity contribution in [3.63, 3.8) is 0 Å². The van der Waals surface area contributed by atoms with Crippen molar-refractivity contribution < 1.29 is 19.1 Å². The molecule has 0 bridgehead atoms. The Hall–Kier alpha value is -1.17. The summed E-state index contributed by atoms with van der Waals surface area (Å²) in [5.41, 5.74) is 0. The van der Waals surface area contributed by atoms with Crippen molar-refractivity contribution in [2.45, 2.75) is 0 Å². The molecule has 0 unspecified atom stereocenters. The highest BCUT2D eigenvalue weighted by atomic mass is 35.5. The fraction of sp³-hybridized carbons (Fsp3) is 0.333. The minimum absolute atomic E-state index is 0.159. The number of carbonyl (C=O) groups excluding carboxylic acids is 2. The summed E-state index contributed by atoms with van der Waals surface area (Å²) in [5.74, 6) is -0.688. The van der Waals surface area contributed by atoms with E-state index in [0.29, 0.717) is 0 Å². The van der Waals surface area contributed by atoms with Gasteiger partial charge in [0.25, 0.3) is 5.91 Å². The van der Waals surface area contributed by atoms with Crippen LogP contribution in [0, 0.1) is 0 Å². The quantitative estimate of drug-likeness (QED) is 0.611. The van der Waals surface area contributed by atoms with E-state index < -0.39 is 11.9 Å². The van der Waals surface area contributed by atoms with Gasteiger partial charge < -0.3 is 14.4 Å². The van der Waals surface area contributed by atoms with Crippen molar-refractivity contribution in [3.8, 4) is 5.75 Å². The lowest BCUT2D eigenvalue weighted by atomic mass is 10.3. The summed E-state index contributed by atoms with van der Waals surface area (Å²) in [6, 6.07) is 2.84. The highest BCUT2D eigenvalue weighted by Gasteiger charge is 2.15. The zero-order valence-electron chi connectivity index (χ0n) is 10.8. The molecule has 20 heavy (non-hydrogen) atoms. The Morgan fingerprint density at radius 2 is 1.75 bits per heavy atom. The number of hydrogen-bond donors (Lipinski definition) is 0. The molecule has 0 radical (unpaired) electrons. The van der Waals surface area contributed by atoms with Crippen LogP contribution in [0.2, 0.25) is 15.1 Å². The number of halogens is 3. The van der Waals surface area contributed by atoms with Gasteiger partial charge in [-0.1, -0.05) is 34.8 Å². The molecule has 8 heteroatoms. The van der Waals surface area contributed by atoms with Crippen LogP contribution in [0.3, 0.4) is 0 Å². The van der Waals surface area contributed by atoms with Gasteiger partial charge in [-0.15, -0.1) is 0 Å². The Balaban J connectivity index is 2.61. The predicted molar refractivity (Wildman–Crippen MR) is 76.6 cm³/mol. The fourth-order valence-corrected chi connectivity index (χ4v) is 1.80. The Bertz CT molecular complexity index is 522. The molecule has 110 valence electrons. The van der Waals surface area contributed by atoms with Gasteiger partial charge in [-0.2, -0.15) is 0 Å². The SMILES string of the molecule is COC(=O)CN(C)C(=O)COc1cc(Cl)c(Cl)cc1Cl. The molecule has 0 aliphatic carbocycles. The molecule has 0 aliphatic heterocycles. The number of hydrogen-bond acceptors (Lipinski definition) is 4. The molecule has 1 aromatic rings. The van der Waals surface area contributed by atoms with E-state index in [1.54, 1.807) is 0 Å². The Kier molecular flexibility index (Phi) is 6.39. The van der Waals surface area contributed by atoms with Gasteiger partial charge in [0.15, 0.2) is 6.61 Å². The zero-order valence-corrected chi connectivity index (χ0v) is 13.1. The van der Waals surface area contributed by atoms with Gasteiger partial charge in [-0.05, 0) is 6.07 Å². The molecule has 0 saturated carbocycles. The van der Waals surface area contributed by atoms with Gasteiger partial charge in [0.1, 0.15) is 12.3 Å². The highest BCUT2D eigenvalue weighted by molar-refractivity contribution is 6.43. The number of esters is 1. The fourth-order valence-electron chi connectivity index (χ4n) is 1.21. The smallest absolute Gasteiger partial charge is 0.325 e. The topological polar surface area (TPSA) is 55.8 Å². The Morgan fingerprint density at radius 1 is 1.15 bits per heavy atom. The van der Waals surface area contributed by atoms with Crippen molar-refractivity contribution in [1.29, 1.82) is 0 Å². The van der Waals surface area contributed by atoms with Crippen molar-refractivity contribution in [1.82, 2.24) is 4.90 Å². The second-order valence-electron chi connectivity index (χ2n) is 3.81. The predicted octanol–water partition coefficient (Wildman–Crippen LogP) is 2.66. The molecule has 0 atom stereocenters. The minimum Gasteiger partial charge on any atom is -0.482 e. The molecule has 0 aliphatic rings. The number of ether oxygens (including phenoxy) is 2. The number of methoxy groups -OCH3 is 1. The minimum atomic E-state index is -0.520. The Morgan fingerprint density at radius 3 is 2.35 bits per heavy atom. The van der Waals surface area contributed by atoms with Crippen LogP contribution >= 0.6 is 34.8 Å². The third-order valence-corrected chi connectivity index (χ3v) is 3.36. The van der Waals surface area contributed by atoms with Crippen LogP contribution in [0.4, 0.5) is 0 Å². The molecule has 0 saturated heterocycles. The third kappa shape index (κ3) is 4.74. The molecule has 1 rings (SSSR count). The number of likely N-dealkylation sites (N-methyl/N-ethyl adjacent to an activating group) is 1. The number of benzene rings is 1. The number of carbonyl (C=O) groups is 2. The average Bonchev–Trinajstić information content (AvgIpc) is 2.40. The maximum absolute atomic E-state index is 11.7.